The van der Waals surface area contributed by atoms with Crippen LogP contribution in [-0.4, -0.2) is 38.7 Å². The fourth-order valence-electron chi connectivity index (χ4n) is 3.39. The topological polar surface area (TPSA) is 70.4 Å². The lowest BCUT2D eigenvalue weighted by atomic mass is 9.92. The number of aryl methyl sites for hydroxylation is 3. The van der Waals surface area contributed by atoms with Crippen LogP contribution in [0.3, 0.4) is 0 Å². The predicted molar refractivity (Wildman–Crippen MR) is 97.4 cm³/mol. The number of aromatic nitrogens is 2. The van der Waals surface area contributed by atoms with Crippen molar-refractivity contribution in [2.24, 2.45) is 13.0 Å². The van der Waals surface area contributed by atoms with E-state index in [2.05, 4.69) is 10.3 Å². The van der Waals surface area contributed by atoms with Gasteiger partial charge in [-0.1, -0.05) is 12.1 Å². The number of aliphatic hydroxyl groups excluding tert-OH is 1. The third-order valence-electron chi connectivity index (χ3n) is 4.95. The first-order valence-corrected chi connectivity index (χ1v) is 8.74. The van der Waals surface area contributed by atoms with E-state index in [1.165, 1.54) is 0 Å². The number of carbonyl (C=O) groups excluding carboxylic acids is 1. The number of anilines is 1. The molecule has 2 N–H and O–H groups in total. The van der Waals surface area contributed by atoms with Crippen LogP contribution in [0.5, 0.6) is 0 Å². The van der Waals surface area contributed by atoms with Crippen molar-refractivity contribution in [2.45, 2.75) is 32.8 Å². The molecule has 1 aromatic carbocycles. The van der Waals surface area contributed by atoms with Gasteiger partial charge in [-0.3, -0.25) is 0 Å². The van der Waals surface area contributed by atoms with Crippen molar-refractivity contribution < 1.29 is 9.90 Å². The van der Waals surface area contributed by atoms with Gasteiger partial charge < -0.3 is 19.9 Å². The summed E-state index contributed by atoms with van der Waals surface area (Å²) in [5.74, 6) is 0.654. The second-order valence-electron chi connectivity index (χ2n) is 6.94. The summed E-state index contributed by atoms with van der Waals surface area (Å²) in [5.41, 5.74) is 3.00. The monoisotopic (exact) mass is 342 g/mol. The summed E-state index contributed by atoms with van der Waals surface area (Å²) >= 11 is 0. The molecule has 2 aromatic rings. The van der Waals surface area contributed by atoms with Crippen molar-refractivity contribution in [3.8, 4) is 0 Å². The Morgan fingerprint density at radius 2 is 2.20 bits per heavy atom. The number of carbonyl (C=O) groups is 1. The van der Waals surface area contributed by atoms with Crippen molar-refractivity contribution in [1.82, 2.24) is 14.5 Å². The van der Waals surface area contributed by atoms with Crippen molar-refractivity contribution in [1.29, 1.82) is 0 Å². The number of nitrogens with zero attached hydrogens (tertiary/aromatic N) is 3. The van der Waals surface area contributed by atoms with Gasteiger partial charge in [0.2, 0.25) is 0 Å². The van der Waals surface area contributed by atoms with E-state index in [4.69, 9.17) is 0 Å². The molecule has 0 bridgehead atoms. The number of aliphatic hydroxyl groups is 1. The van der Waals surface area contributed by atoms with Gasteiger partial charge >= 0.3 is 6.03 Å². The third kappa shape index (κ3) is 3.85. The maximum atomic E-state index is 12.7. The standard InChI is InChI=1S/C19H26N4O2/c1-13-6-7-14(2)16(11-13)21-19(25)23-9-4-5-15(12-23)17(24)18-20-8-10-22(18)3/h6-8,10-11,15,17,24H,4-5,9,12H2,1-3H3,(H,21,25). The number of likely N-dealkylation sites (tertiary alicyclic amines) is 1. The maximum Gasteiger partial charge on any atom is 0.321 e. The summed E-state index contributed by atoms with van der Waals surface area (Å²) in [7, 11) is 1.87. The van der Waals surface area contributed by atoms with E-state index < -0.39 is 6.10 Å². The van der Waals surface area contributed by atoms with Crippen LogP contribution in [0, 0.1) is 19.8 Å². The van der Waals surface area contributed by atoms with Crippen LogP contribution in [0.4, 0.5) is 10.5 Å². The average molecular weight is 342 g/mol. The summed E-state index contributed by atoms with van der Waals surface area (Å²) < 4.78 is 1.83. The van der Waals surface area contributed by atoms with E-state index in [1.54, 1.807) is 11.1 Å². The molecule has 1 aromatic heterocycles. The number of urea groups is 1. The number of imidazole rings is 1. The molecule has 0 aliphatic carbocycles. The molecule has 0 spiro atoms. The number of rotatable bonds is 3. The first-order chi connectivity index (χ1) is 12.0. The molecular formula is C19H26N4O2. The number of hydrogen-bond acceptors (Lipinski definition) is 3. The van der Waals surface area contributed by atoms with Crippen LogP contribution in [0.2, 0.25) is 0 Å². The van der Waals surface area contributed by atoms with Gasteiger partial charge in [-0.2, -0.15) is 0 Å². The number of piperidine rings is 1. The van der Waals surface area contributed by atoms with Crippen LogP contribution in [0.1, 0.15) is 35.9 Å². The molecule has 2 amide bonds. The molecule has 6 heteroatoms. The Hall–Kier alpha value is -2.34. The zero-order valence-corrected chi connectivity index (χ0v) is 15.1. The lowest BCUT2D eigenvalue weighted by Crippen LogP contribution is -2.44. The van der Waals surface area contributed by atoms with E-state index in [0.717, 1.165) is 29.7 Å². The van der Waals surface area contributed by atoms with Gasteiger partial charge in [-0.25, -0.2) is 9.78 Å². The zero-order valence-electron chi connectivity index (χ0n) is 15.1. The van der Waals surface area contributed by atoms with E-state index in [-0.39, 0.29) is 11.9 Å². The smallest absolute Gasteiger partial charge is 0.321 e. The largest absolute Gasteiger partial charge is 0.385 e. The van der Waals surface area contributed by atoms with Gasteiger partial charge in [-0.05, 0) is 43.9 Å². The van der Waals surface area contributed by atoms with Crippen LogP contribution >= 0.6 is 0 Å². The van der Waals surface area contributed by atoms with Crippen LogP contribution < -0.4 is 5.32 Å². The summed E-state index contributed by atoms with van der Waals surface area (Å²) in [6, 6.07) is 5.92. The van der Waals surface area contributed by atoms with E-state index in [9.17, 15) is 9.90 Å². The molecule has 2 heterocycles. The molecule has 25 heavy (non-hydrogen) atoms. The molecule has 2 unspecified atom stereocenters. The maximum absolute atomic E-state index is 12.7. The summed E-state index contributed by atoms with van der Waals surface area (Å²) in [6.45, 7) is 5.24. The van der Waals surface area contributed by atoms with Crippen LogP contribution in [0.25, 0.3) is 0 Å². The average Bonchev–Trinajstić information content (AvgIpc) is 3.03. The summed E-state index contributed by atoms with van der Waals surface area (Å²) in [5, 5.41) is 13.7. The third-order valence-corrected chi connectivity index (χ3v) is 4.95. The fraction of sp³-hybridized carbons (Fsp3) is 0.474. The van der Waals surface area contributed by atoms with Crippen molar-refractivity contribution in [3.63, 3.8) is 0 Å². The summed E-state index contributed by atoms with van der Waals surface area (Å²) in [6.07, 6.45) is 4.63. The fourth-order valence-corrected chi connectivity index (χ4v) is 3.39. The van der Waals surface area contributed by atoms with Gasteiger partial charge in [0.25, 0.3) is 0 Å². The highest BCUT2D eigenvalue weighted by Gasteiger charge is 2.31. The summed E-state index contributed by atoms with van der Waals surface area (Å²) in [4.78, 5) is 18.7. The van der Waals surface area contributed by atoms with Crippen molar-refractivity contribution >= 4 is 11.7 Å². The molecule has 6 nitrogen and oxygen atoms in total. The molecule has 1 aliphatic rings. The minimum absolute atomic E-state index is 0.000735. The Morgan fingerprint density at radius 1 is 1.40 bits per heavy atom. The first-order valence-electron chi connectivity index (χ1n) is 8.74. The number of amides is 2. The number of nitrogens with one attached hydrogen (secondary N) is 1. The lowest BCUT2D eigenvalue weighted by molar-refractivity contribution is 0.0552. The van der Waals surface area contributed by atoms with Crippen LogP contribution in [-0.2, 0) is 7.05 Å². The molecule has 0 radical (unpaired) electrons. The Balaban J connectivity index is 1.67. The van der Waals surface area contributed by atoms with Crippen molar-refractivity contribution in [3.05, 3.63) is 47.5 Å². The highest BCUT2D eigenvalue weighted by Crippen LogP contribution is 2.29. The minimum Gasteiger partial charge on any atom is -0.385 e. The molecular weight excluding hydrogens is 316 g/mol. The van der Waals surface area contributed by atoms with E-state index >= 15 is 0 Å². The van der Waals surface area contributed by atoms with Crippen LogP contribution in [0.15, 0.2) is 30.6 Å². The molecule has 1 aliphatic heterocycles. The quantitative estimate of drug-likeness (QED) is 0.901. The minimum atomic E-state index is -0.656. The van der Waals surface area contributed by atoms with E-state index in [1.807, 2.05) is 49.9 Å². The Labute approximate surface area is 148 Å². The Morgan fingerprint density at radius 3 is 2.92 bits per heavy atom. The molecule has 1 fully saturated rings. The Bertz CT molecular complexity index is 756. The normalized spacial score (nSPS) is 18.9. The molecule has 1 saturated heterocycles. The van der Waals surface area contributed by atoms with Gasteiger partial charge in [-0.15, -0.1) is 0 Å². The van der Waals surface area contributed by atoms with E-state index in [0.29, 0.717) is 18.9 Å². The highest BCUT2D eigenvalue weighted by atomic mass is 16.3. The predicted octanol–water partition coefficient (Wildman–Crippen LogP) is 3.01. The van der Waals surface area contributed by atoms with Gasteiger partial charge in [0.1, 0.15) is 11.9 Å². The zero-order chi connectivity index (χ0) is 18.0. The highest BCUT2D eigenvalue weighted by molar-refractivity contribution is 5.90. The number of benzene rings is 1. The van der Waals surface area contributed by atoms with Gasteiger partial charge in [0.15, 0.2) is 0 Å². The SMILES string of the molecule is Cc1ccc(C)c(NC(=O)N2CCCC(C(O)c3nccn3C)C2)c1. The Kier molecular flexibility index (Phi) is 5.08. The lowest BCUT2D eigenvalue weighted by Gasteiger charge is -2.35. The number of hydrogen-bond donors (Lipinski definition) is 2. The molecule has 2 atom stereocenters. The molecule has 0 saturated carbocycles. The second kappa shape index (κ2) is 7.27. The van der Waals surface area contributed by atoms with Gasteiger partial charge in [0, 0.05) is 44.1 Å². The van der Waals surface area contributed by atoms with Gasteiger partial charge in [0.05, 0.1) is 0 Å². The molecule has 134 valence electrons. The first kappa shape index (κ1) is 17.5. The van der Waals surface area contributed by atoms with Crippen molar-refractivity contribution in [2.75, 3.05) is 18.4 Å². The second-order valence-corrected chi connectivity index (χ2v) is 6.94. The molecule has 3 rings (SSSR count).